The molecule has 0 spiro atoms. The summed E-state index contributed by atoms with van der Waals surface area (Å²) in [6.07, 6.45) is 0.178. The van der Waals surface area contributed by atoms with E-state index in [1.54, 1.807) is 6.92 Å². The number of benzene rings is 1. The van der Waals surface area contributed by atoms with E-state index in [9.17, 15) is 4.79 Å². The Hall–Kier alpha value is -1.22. The molecule has 1 aromatic rings. The van der Waals surface area contributed by atoms with Gasteiger partial charge in [-0.25, -0.2) is 0 Å². The highest BCUT2D eigenvalue weighted by Gasteiger charge is 2.13. The monoisotopic (exact) mass is 242 g/mol. The number of carbonyl (C=O) groups excluding carboxylic acids is 1. The normalized spacial score (nSPS) is 10.0. The van der Waals surface area contributed by atoms with E-state index in [2.05, 4.69) is 0 Å². The summed E-state index contributed by atoms with van der Waals surface area (Å²) in [6.45, 7) is 4.04. The lowest BCUT2D eigenvalue weighted by Crippen LogP contribution is -2.08. The zero-order chi connectivity index (χ0) is 12.1. The van der Waals surface area contributed by atoms with Crippen LogP contribution >= 0.6 is 11.6 Å². The van der Waals surface area contributed by atoms with Crippen LogP contribution < -0.4 is 4.74 Å². The molecular weight excluding hydrogens is 228 g/mol. The van der Waals surface area contributed by atoms with Gasteiger partial charge in [0.25, 0.3) is 0 Å². The minimum atomic E-state index is -0.277. The van der Waals surface area contributed by atoms with E-state index < -0.39 is 0 Å². The molecule has 0 amide bonds. The van der Waals surface area contributed by atoms with Crippen molar-refractivity contribution in [1.29, 1.82) is 0 Å². The fourth-order valence-corrected chi connectivity index (χ4v) is 1.68. The molecule has 0 saturated heterocycles. The second-order valence-electron chi connectivity index (χ2n) is 3.37. The standard InChI is InChI=1S/C12H15ClO3/c1-4-16-10(14)7-9-6-5-8(2)11(13)12(9)15-3/h5-6H,4,7H2,1-3H3. The average Bonchev–Trinajstić information content (AvgIpc) is 2.24. The molecule has 0 aliphatic carbocycles. The van der Waals surface area contributed by atoms with Crippen molar-refractivity contribution >= 4 is 17.6 Å². The summed E-state index contributed by atoms with van der Waals surface area (Å²) in [6, 6.07) is 3.69. The lowest BCUT2D eigenvalue weighted by atomic mass is 10.1. The van der Waals surface area contributed by atoms with Gasteiger partial charge in [0.15, 0.2) is 0 Å². The van der Waals surface area contributed by atoms with Crippen molar-refractivity contribution in [2.45, 2.75) is 20.3 Å². The van der Waals surface area contributed by atoms with E-state index in [1.165, 1.54) is 7.11 Å². The maximum absolute atomic E-state index is 11.4. The van der Waals surface area contributed by atoms with Crippen molar-refractivity contribution in [2.75, 3.05) is 13.7 Å². The van der Waals surface area contributed by atoms with E-state index in [0.29, 0.717) is 17.4 Å². The van der Waals surface area contributed by atoms with Crippen LogP contribution in [0.15, 0.2) is 12.1 Å². The molecule has 0 aromatic heterocycles. The van der Waals surface area contributed by atoms with Gasteiger partial charge in [-0.2, -0.15) is 0 Å². The highest BCUT2D eigenvalue weighted by Crippen LogP contribution is 2.31. The molecule has 0 atom stereocenters. The number of ether oxygens (including phenoxy) is 2. The van der Waals surface area contributed by atoms with E-state index >= 15 is 0 Å². The number of halogens is 1. The molecule has 3 nitrogen and oxygen atoms in total. The molecule has 0 aliphatic heterocycles. The molecule has 4 heteroatoms. The first-order valence-corrected chi connectivity index (χ1v) is 5.45. The maximum Gasteiger partial charge on any atom is 0.310 e. The van der Waals surface area contributed by atoms with Crippen LogP contribution in [0, 0.1) is 6.92 Å². The third kappa shape index (κ3) is 2.89. The Kier molecular flexibility index (Phi) is 4.62. The number of rotatable bonds is 4. The molecule has 0 heterocycles. The number of hydrogen-bond donors (Lipinski definition) is 0. The van der Waals surface area contributed by atoms with Crippen LogP contribution in [-0.2, 0) is 16.0 Å². The van der Waals surface area contributed by atoms with E-state index in [0.717, 1.165) is 11.1 Å². The molecule has 16 heavy (non-hydrogen) atoms. The Labute approximate surface area is 100 Å². The molecule has 1 rings (SSSR count). The summed E-state index contributed by atoms with van der Waals surface area (Å²) < 4.78 is 10.1. The molecule has 0 fully saturated rings. The molecular formula is C12H15ClO3. The van der Waals surface area contributed by atoms with Gasteiger partial charge in [0.2, 0.25) is 0 Å². The van der Waals surface area contributed by atoms with Crippen LogP contribution in [0.3, 0.4) is 0 Å². The highest BCUT2D eigenvalue weighted by molar-refractivity contribution is 6.33. The Morgan fingerprint density at radius 1 is 1.44 bits per heavy atom. The maximum atomic E-state index is 11.4. The summed E-state index contributed by atoms with van der Waals surface area (Å²) in [7, 11) is 1.54. The van der Waals surface area contributed by atoms with Gasteiger partial charge >= 0.3 is 5.97 Å². The first kappa shape index (κ1) is 12.8. The van der Waals surface area contributed by atoms with Gasteiger partial charge in [0, 0.05) is 5.56 Å². The first-order valence-electron chi connectivity index (χ1n) is 5.07. The minimum Gasteiger partial charge on any atom is -0.495 e. The Morgan fingerprint density at radius 3 is 2.69 bits per heavy atom. The van der Waals surface area contributed by atoms with Crippen molar-refractivity contribution in [3.05, 3.63) is 28.3 Å². The van der Waals surface area contributed by atoms with Gasteiger partial charge in [0.05, 0.1) is 25.2 Å². The van der Waals surface area contributed by atoms with Crippen LogP contribution in [0.25, 0.3) is 0 Å². The van der Waals surface area contributed by atoms with Crippen LogP contribution in [-0.4, -0.2) is 19.7 Å². The molecule has 0 unspecified atom stereocenters. The number of hydrogen-bond acceptors (Lipinski definition) is 3. The fraction of sp³-hybridized carbons (Fsp3) is 0.417. The van der Waals surface area contributed by atoms with Crippen LogP contribution in [0.2, 0.25) is 5.02 Å². The van der Waals surface area contributed by atoms with Crippen molar-refractivity contribution in [2.24, 2.45) is 0 Å². The van der Waals surface area contributed by atoms with E-state index in [-0.39, 0.29) is 12.4 Å². The van der Waals surface area contributed by atoms with Gasteiger partial charge in [-0.05, 0) is 19.4 Å². The quantitative estimate of drug-likeness (QED) is 0.762. The second-order valence-corrected chi connectivity index (χ2v) is 3.75. The summed E-state index contributed by atoms with van der Waals surface area (Å²) in [5.41, 5.74) is 1.67. The molecule has 0 radical (unpaired) electrons. The predicted octanol–water partition coefficient (Wildman–Crippen LogP) is 2.76. The smallest absolute Gasteiger partial charge is 0.310 e. The van der Waals surface area contributed by atoms with E-state index in [1.807, 2.05) is 19.1 Å². The fourth-order valence-electron chi connectivity index (χ4n) is 1.42. The Balaban J connectivity index is 2.96. The van der Waals surface area contributed by atoms with Crippen molar-refractivity contribution < 1.29 is 14.3 Å². The number of aryl methyl sites for hydroxylation is 1. The Bertz CT molecular complexity index is 388. The average molecular weight is 243 g/mol. The zero-order valence-corrected chi connectivity index (χ0v) is 10.4. The SMILES string of the molecule is CCOC(=O)Cc1ccc(C)c(Cl)c1OC. The van der Waals surface area contributed by atoms with Gasteiger partial charge < -0.3 is 9.47 Å². The minimum absolute atomic E-state index is 0.178. The highest BCUT2D eigenvalue weighted by atomic mass is 35.5. The van der Waals surface area contributed by atoms with Gasteiger partial charge in [-0.3, -0.25) is 4.79 Å². The van der Waals surface area contributed by atoms with Gasteiger partial charge in [0.1, 0.15) is 5.75 Å². The van der Waals surface area contributed by atoms with E-state index in [4.69, 9.17) is 21.1 Å². The lowest BCUT2D eigenvalue weighted by molar-refractivity contribution is -0.142. The van der Waals surface area contributed by atoms with Crippen molar-refractivity contribution in [1.82, 2.24) is 0 Å². The zero-order valence-electron chi connectivity index (χ0n) is 9.67. The predicted molar refractivity (Wildman–Crippen MR) is 63.1 cm³/mol. The van der Waals surface area contributed by atoms with Gasteiger partial charge in [-0.1, -0.05) is 23.7 Å². The molecule has 0 bridgehead atoms. The van der Waals surface area contributed by atoms with Crippen LogP contribution in [0.1, 0.15) is 18.1 Å². The van der Waals surface area contributed by atoms with Crippen molar-refractivity contribution in [3.8, 4) is 5.75 Å². The summed E-state index contributed by atoms with van der Waals surface area (Å²) in [4.78, 5) is 11.4. The molecule has 0 aliphatic rings. The summed E-state index contributed by atoms with van der Waals surface area (Å²) in [5.74, 6) is 0.274. The third-order valence-corrected chi connectivity index (χ3v) is 2.69. The number of esters is 1. The van der Waals surface area contributed by atoms with Crippen LogP contribution in [0.4, 0.5) is 0 Å². The molecule has 0 N–H and O–H groups in total. The molecule has 0 saturated carbocycles. The second kappa shape index (κ2) is 5.75. The topological polar surface area (TPSA) is 35.5 Å². The number of carbonyl (C=O) groups is 1. The third-order valence-electron chi connectivity index (χ3n) is 2.22. The van der Waals surface area contributed by atoms with Crippen molar-refractivity contribution in [3.63, 3.8) is 0 Å². The summed E-state index contributed by atoms with van der Waals surface area (Å²) in [5, 5.41) is 0.546. The first-order chi connectivity index (χ1) is 7.60. The number of methoxy groups -OCH3 is 1. The molecule has 1 aromatic carbocycles. The van der Waals surface area contributed by atoms with Gasteiger partial charge in [-0.15, -0.1) is 0 Å². The largest absolute Gasteiger partial charge is 0.495 e. The summed E-state index contributed by atoms with van der Waals surface area (Å²) >= 11 is 6.08. The Morgan fingerprint density at radius 2 is 2.12 bits per heavy atom. The lowest BCUT2D eigenvalue weighted by Gasteiger charge is -2.11. The van der Waals surface area contributed by atoms with Crippen LogP contribution in [0.5, 0.6) is 5.75 Å². The molecule has 88 valence electrons.